The van der Waals surface area contributed by atoms with E-state index in [2.05, 4.69) is 15.0 Å². The van der Waals surface area contributed by atoms with Crippen molar-refractivity contribution in [3.05, 3.63) is 34.7 Å². The number of alkyl halides is 2. The van der Waals surface area contributed by atoms with Gasteiger partial charge in [0.05, 0.1) is 12.3 Å². The van der Waals surface area contributed by atoms with Gasteiger partial charge in [-0.05, 0) is 12.1 Å². The van der Waals surface area contributed by atoms with Gasteiger partial charge in [0.15, 0.2) is 0 Å². The fourth-order valence-corrected chi connectivity index (χ4v) is 2.50. The summed E-state index contributed by atoms with van der Waals surface area (Å²) >= 11 is 1.52. The molecule has 0 fully saturated rings. The van der Waals surface area contributed by atoms with Crippen LogP contribution >= 0.6 is 11.3 Å². The summed E-state index contributed by atoms with van der Waals surface area (Å²) in [5, 5.41) is 6.03. The van der Waals surface area contributed by atoms with E-state index in [0.717, 1.165) is 22.8 Å². The third-order valence-electron chi connectivity index (χ3n) is 2.67. The molecule has 0 saturated heterocycles. The van der Waals surface area contributed by atoms with Gasteiger partial charge in [-0.25, -0.2) is 4.98 Å². The number of thiazole rings is 1. The van der Waals surface area contributed by atoms with Crippen LogP contribution < -0.4 is 10.1 Å². The zero-order valence-electron chi connectivity index (χ0n) is 11.5. The lowest BCUT2D eigenvalue weighted by Gasteiger charge is -2.05. The number of methoxy groups -OCH3 is 1. The molecule has 4 nitrogen and oxygen atoms in total. The van der Waals surface area contributed by atoms with Crippen LogP contribution in [-0.4, -0.2) is 31.9 Å². The van der Waals surface area contributed by atoms with Crippen molar-refractivity contribution < 1.29 is 18.3 Å². The minimum absolute atomic E-state index is 0.135. The predicted octanol–water partition coefficient (Wildman–Crippen LogP) is 3.15. The van der Waals surface area contributed by atoms with Crippen molar-refractivity contribution in [2.24, 2.45) is 0 Å². The first-order valence-electron chi connectivity index (χ1n) is 6.38. The van der Waals surface area contributed by atoms with Gasteiger partial charge in [-0.3, -0.25) is 0 Å². The maximum atomic E-state index is 12.2. The van der Waals surface area contributed by atoms with Gasteiger partial charge in [-0.15, -0.1) is 11.3 Å². The first kappa shape index (κ1) is 15.8. The van der Waals surface area contributed by atoms with Crippen molar-refractivity contribution in [1.29, 1.82) is 0 Å². The molecule has 7 heteroatoms. The average molecular weight is 314 g/mol. The normalized spacial score (nSPS) is 11.0. The summed E-state index contributed by atoms with van der Waals surface area (Å²) in [6.45, 7) is -0.772. The van der Waals surface area contributed by atoms with Gasteiger partial charge >= 0.3 is 6.61 Å². The zero-order valence-corrected chi connectivity index (χ0v) is 12.3. The second-order valence-corrected chi connectivity index (χ2v) is 5.15. The molecule has 0 aliphatic carbocycles. The third kappa shape index (κ3) is 5.04. The molecule has 0 amide bonds. The summed E-state index contributed by atoms with van der Waals surface area (Å²) in [6.07, 6.45) is 0. The van der Waals surface area contributed by atoms with Crippen molar-refractivity contribution in [1.82, 2.24) is 10.3 Å². The van der Waals surface area contributed by atoms with Crippen LogP contribution in [0.15, 0.2) is 29.6 Å². The monoisotopic (exact) mass is 314 g/mol. The molecule has 1 aromatic heterocycles. The molecule has 0 aliphatic heterocycles. The van der Waals surface area contributed by atoms with Crippen molar-refractivity contribution in [3.63, 3.8) is 0 Å². The SMILES string of the molecule is COCCNCc1nc(-c2cccc(OC(F)F)c2)cs1. The third-order valence-corrected chi connectivity index (χ3v) is 3.51. The molecule has 21 heavy (non-hydrogen) atoms. The van der Waals surface area contributed by atoms with Gasteiger partial charge in [0.1, 0.15) is 10.8 Å². The number of halogens is 2. The lowest BCUT2D eigenvalue weighted by molar-refractivity contribution is -0.0498. The molecule has 1 N–H and O–H groups in total. The lowest BCUT2D eigenvalue weighted by atomic mass is 10.2. The Morgan fingerprint density at radius 1 is 1.38 bits per heavy atom. The van der Waals surface area contributed by atoms with Gasteiger partial charge in [-0.1, -0.05) is 12.1 Å². The number of nitrogens with one attached hydrogen (secondary N) is 1. The van der Waals surface area contributed by atoms with Gasteiger partial charge in [0, 0.05) is 31.1 Å². The van der Waals surface area contributed by atoms with E-state index >= 15 is 0 Å². The van der Waals surface area contributed by atoms with E-state index in [1.807, 2.05) is 11.4 Å². The number of rotatable bonds is 8. The van der Waals surface area contributed by atoms with Crippen LogP contribution in [0.5, 0.6) is 5.75 Å². The summed E-state index contributed by atoms with van der Waals surface area (Å²) < 4.78 is 33.7. The van der Waals surface area contributed by atoms with Gasteiger partial charge in [-0.2, -0.15) is 8.78 Å². The van der Waals surface area contributed by atoms with Crippen LogP contribution in [0.1, 0.15) is 5.01 Å². The number of hydrogen-bond acceptors (Lipinski definition) is 5. The smallest absolute Gasteiger partial charge is 0.387 e. The maximum Gasteiger partial charge on any atom is 0.387 e. The molecular weight excluding hydrogens is 298 g/mol. The molecule has 0 spiro atoms. The minimum Gasteiger partial charge on any atom is -0.435 e. The second-order valence-electron chi connectivity index (χ2n) is 4.20. The number of benzene rings is 1. The Balaban J connectivity index is 2.00. The molecule has 2 aromatic rings. The fourth-order valence-electron chi connectivity index (χ4n) is 1.73. The minimum atomic E-state index is -2.82. The molecule has 0 saturated carbocycles. The standard InChI is InChI=1S/C14H16F2N2O2S/c1-19-6-5-17-8-13-18-12(9-21-13)10-3-2-4-11(7-10)20-14(15)16/h2-4,7,9,14,17H,5-6,8H2,1H3. The van der Waals surface area contributed by atoms with Gasteiger partial charge in [0.2, 0.25) is 0 Å². The average Bonchev–Trinajstić information content (AvgIpc) is 2.92. The summed E-state index contributed by atoms with van der Waals surface area (Å²) in [7, 11) is 1.65. The Morgan fingerprint density at radius 3 is 3.00 bits per heavy atom. The molecule has 1 heterocycles. The fraction of sp³-hybridized carbons (Fsp3) is 0.357. The first-order chi connectivity index (χ1) is 10.2. The first-order valence-corrected chi connectivity index (χ1v) is 7.26. The highest BCUT2D eigenvalue weighted by molar-refractivity contribution is 7.09. The number of ether oxygens (including phenoxy) is 2. The highest BCUT2D eigenvalue weighted by Crippen LogP contribution is 2.26. The summed E-state index contributed by atoms with van der Waals surface area (Å²) in [6, 6.07) is 6.54. The van der Waals surface area contributed by atoms with Crippen molar-refractivity contribution in [2.45, 2.75) is 13.2 Å². The molecular formula is C14H16F2N2O2S. The van der Waals surface area contributed by atoms with Crippen molar-refractivity contribution in [3.8, 4) is 17.0 Å². The summed E-state index contributed by atoms with van der Waals surface area (Å²) in [5.74, 6) is 0.135. The topological polar surface area (TPSA) is 43.4 Å². The summed E-state index contributed by atoms with van der Waals surface area (Å²) in [4.78, 5) is 4.47. The van der Waals surface area contributed by atoms with E-state index in [1.165, 1.54) is 17.4 Å². The molecule has 0 unspecified atom stereocenters. The molecule has 1 aromatic carbocycles. The molecule has 0 bridgehead atoms. The van der Waals surface area contributed by atoms with Gasteiger partial charge < -0.3 is 14.8 Å². The second kappa shape index (κ2) is 8.02. The Bertz CT molecular complexity index is 563. The molecule has 2 rings (SSSR count). The highest BCUT2D eigenvalue weighted by Gasteiger charge is 2.08. The van der Waals surface area contributed by atoms with Crippen LogP contribution in [0, 0.1) is 0 Å². The molecule has 0 aliphatic rings. The molecule has 114 valence electrons. The lowest BCUT2D eigenvalue weighted by Crippen LogP contribution is -2.18. The van der Waals surface area contributed by atoms with E-state index in [1.54, 1.807) is 19.2 Å². The van der Waals surface area contributed by atoms with E-state index in [4.69, 9.17) is 4.74 Å². The Hall–Kier alpha value is -1.57. The molecule has 0 radical (unpaired) electrons. The van der Waals surface area contributed by atoms with Crippen LogP contribution in [0.25, 0.3) is 11.3 Å². The maximum absolute atomic E-state index is 12.2. The van der Waals surface area contributed by atoms with Crippen LogP contribution in [0.3, 0.4) is 0 Å². The Kier molecular flexibility index (Phi) is 6.04. The largest absolute Gasteiger partial charge is 0.435 e. The Morgan fingerprint density at radius 2 is 2.24 bits per heavy atom. The van der Waals surface area contributed by atoms with Crippen molar-refractivity contribution in [2.75, 3.05) is 20.3 Å². The number of aromatic nitrogens is 1. The Labute approximate surface area is 125 Å². The predicted molar refractivity (Wildman–Crippen MR) is 77.8 cm³/mol. The number of hydrogen-bond donors (Lipinski definition) is 1. The molecule has 0 atom stereocenters. The van der Waals surface area contributed by atoms with Crippen LogP contribution in [0.4, 0.5) is 8.78 Å². The van der Waals surface area contributed by atoms with Gasteiger partial charge in [0.25, 0.3) is 0 Å². The van der Waals surface area contributed by atoms with Crippen LogP contribution in [-0.2, 0) is 11.3 Å². The number of nitrogens with zero attached hydrogens (tertiary/aromatic N) is 1. The quantitative estimate of drug-likeness (QED) is 0.760. The summed E-state index contributed by atoms with van der Waals surface area (Å²) in [5.41, 5.74) is 1.51. The van der Waals surface area contributed by atoms with Crippen LogP contribution in [0.2, 0.25) is 0 Å². The highest BCUT2D eigenvalue weighted by atomic mass is 32.1. The van der Waals surface area contributed by atoms with E-state index in [9.17, 15) is 8.78 Å². The van der Waals surface area contributed by atoms with E-state index in [-0.39, 0.29) is 5.75 Å². The van der Waals surface area contributed by atoms with E-state index < -0.39 is 6.61 Å². The zero-order chi connectivity index (χ0) is 15.1. The van der Waals surface area contributed by atoms with Crippen molar-refractivity contribution >= 4 is 11.3 Å². The van der Waals surface area contributed by atoms with E-state index in [0.29, 0.717) is 13.2 Å².